The Kier molecular flexibility index (Phi) is 9.61. The average molecular weight is 546 g/mol. The second-order valence-corrected chi connectivity index (χ2v) is 11.2. The Morgan fingerprint density at radius 1 is 1.06 bits per heavy atom. The normalized spacial score (nSPS) is 18.9. The minimum absolute atomic E-state index is 0.0378. The minimum atomic E-state index is -0.507. The molecule has 0 aliphatic heterocycles. The van der Waals surface area contributed by atoms with E-state index in [9.17, 15) is 9.59 Å². The van der Waals surface area contributed by atoms with Gasteiger partial charge in [0.15, 0.2) is 0 Å². The summed E-state index contributed by atoms with van der Waals surface area (Å²) in [5, 5.41) is 6.19. The van der Waals surface area contributed by atoms with Crippen molar-refractivity contribution in [3.8, 4) is 5.75 Å². The van der Waals surface area contributed by atoms with Crippen LogP contribution < -0.4 is 15.4 Å². The molecule has 0 bridgehead atoms. The summed E-state index contributed by atoms with van der Waals surface area (Å²) < 4.78 is 11.9. The zero-order chi connectivity index (χ0) is 25.4. The highest BCUT2D eigenvalue weighted by molar-refractivity contribution is 9.10. The Bertz CT molecular complexity index is 982. The number of rotatable bonds is 8. The fourth-order valence-corrected chi connectivity index (χ4v) is 4.91. The van der Waals surface area contributed by atoms with E-state index in [0.29, 0.717) is 18.9 Å². The number of hydrogen-bond acceptors (Lipinski definition) is 4. The Labute approximate surface area is 217 Å². The summed E-state index contributed by atoms with van der Waals surface area (Å²) in [6.07, 6.45) is 3.70. The van der Waals surface area contributed by atoms with Crippen molar-refractivity contribution in [1.82, 2.24) is 10.6 Å². The van der Waals surface area contributed by atoms with Gasteiger partial charge >= 0.3 is 6.09 Å². The van der Waals surface area contributed by atoms with Gasteiger partial charge in [-0.05, 0) is 82.6 Å². The standard InChI is InChI=1S/C28H37BrN2O4/c1-28(2,3)35-27(33)30-18-20-10-12-21(13-11-20)26(32)31-24(16-19-8-6-5-7-9-19)23-17-22(29)14-15-25(23)34-4/h5-9,14-15,17,20-21,24H,10-13,16,18H2,1-4H3,(H,30,33)(H,31,32). The van der Waals surface area contributed by atoms with Gasteiger partial charge in [-0.2, -0.15) is 0 Å². The molecule has 6 nitrogen and oxygen atoms in total. The molecule has 1 unspecified atom stereocenters. The van der Waals surface area contributed by atoms with Gasteiger partial charge in [-0.1, -0.05) is 46.3 Å². The number of carbonyl (C=O) groups excluding carboxylic acids is 2. The molecule has 3 rings (SSSR count). The molecule has 1 aliphatic rings. The lowest BCUT2D eigenvalue weighted by molar-refractivity contribution is -0.127. The maximum atomic E-state index is 13.3. The number of ether oxygens (including phenoxy) is 2. The van der Waals surface area contributed by atoms with Gasteiger partial charge in [0, 0.05) is 22.5 Å². The smallest absolute Gasteiger partial charge is 0.407 e. The highest BCUT2D eigenvalue weighted by Gasteiger charge is 2.29. The van der Waals surface area contributed by atoms with Crippen LogP contribution in [0.1, 0.15) is 63.6 Å². The molecule has 1 aliphatic carbocycles. The lowest BCUT2D eigenvalue weighted by Gasteiger charge is -2.30. The van der Waals surface area contributed by atoms with Crippen molar-refractivity contribution in [2.75, 3.05) is 13.7 Å². The molecule has 35 heavy (non-hydrogen) atoms. The van der Waals surface area contributed by atoms with Gasteiger partial charge in [0.05, 0.1) is 13.2 Å². The highest BCUT2D eigenvalue weighted by atomic mass is 79.9. The van der Waals surface area contributed by atoms with Crippen molar-refractivity contribution < 1.29 is 19.1 Å². The molecule has 0 aromatic heterocycles. The number of nitrogens with one attached hydrogen (secondary N) is 2. The molecule has 1 fully saturated rings. The summed E-state index contributed by atoms with van der Waals surface area (Å²) in [7, 11) is 1.65. The van der Waals surface area contributed by atoms with E-state index in [0.717, 1.165) is 47.0 Å². The van der Waals surface area contributed by atoms with E-state index in [-0.39, 0.29) is 24.0 Å². The van der Waals surface area contributed by atoms with E-state index in [4.69, 9.17) is 9.47 Å². The van der Waals surface area contributed by atoms with Crippen LogP contribution in [-0.2, 0) is 16.0 Å². The predicted octanol–water partition coefficient (Wildman–Crippen LogP) is 6.19. The van der Waals surface area contributed by atoms with Crippen LogP contribution >= 0.6 is 15.9 Å². The topological polar surface area (TPSA) is 76.7 Å². The molecule has 7 heteroatoms. The third-order valence-corrected chi connectivity index (χ3v) is 6.81. The molecule has 2 N–H and O–H groups in total. The van der Waals surface area contributed by atoms with E-state index < -0.39 is 5.60 Å². The van der Waals surface area contributed by atoms with Crippen molar-refractivity contribution >= 4 is 27.9 Å². The molecule has 0 radical (unpaired) electrons. The quantitative estimate of drug-likeness (QED) is 0.415. The molecular weight excluding hydrogens is 508 g/mol. The van der Waals surface area contributed by atoms with Gasteiger partial charge in [0.25, 0.3) is 0 Å². The van der Waals surface area contributed by atoms with Gasteiger partial charge in [-0.15, -0.1) is 0 Å². The average Bonchev–Trinajstić information content (AvgIpc) is 2.82. The molecule has 0 saturated heterocycles. The number of halogens is 1. The van der Waals surface area contributed by atoms with Gasteiger partial charge in [-0.25, -0.2) is 4.79 Å². The number of methoxy groups -OCH3 is 1. The van der Waals surface area contributed by atoms with Crippen LogP contribution in [0.5, 0.6) is 5.75 Å². The maximum absolute atomic E-state index is 13.3. The first kappa shape index (κ1) is 27.1. The molecular formula is C28H37BrN2O4. The Balaban J connectivity index is 1.61. The summed E-state index contributed by atoms with van der Waals surface area (Å²) in [6.45, 7) is 6.14. The van der Waals surface area contributed by atoms with Crippen LogP contribution in [0.15, 0.2) is 53.0 Å². The molecule has 2 amide bonds. The van der Waals surface area contributed by atoms with Crippen LogP contribution in [0.2, 0.25) is 0 Å². The zero-order valence-electron chi connectivity index (χ0n) is 21.1. The third kappa shape index (κ3) is 8.57. The molecule has 0 heterocycles. The van der Waals surface area contributed by atoms with Crippen LogP contribution in [0.4, 0.5) is 4.79 Å². The minimum Gasteiger partial charge on any atom is -0.496 e. The number of carbonyl (C=O) groups is 2. The Morgan fingerprint density at radius 3 is 2.37 bits per heavy atom. The number of amides is 2. The van der Waals surface area contributed by atoms with E-state index >= 15 is 0 Å². The van der Waals surface area contributed by atoms with Crippen LogP contribution in [0.25, 0.3) is 0 Å². The zero-order valence-corrected chi connectivity index (χ0v) is 22.7. The van der Waals surface area contributed by atoms with Crippen molar-refractivity contribution in [1.29, 1.82) is 0 Å². The van der Waals surface area contributed by atoms with E-state index in [1.807, 2.05) is 57.2 Å². The lowest BCUT2D eigenvalue weighted by atomic mass is 9.81. The fourth-order valence-electron chi connectivity index (χ4n) is 4.53. The molecule has 2 aromatic rings. The first-order valence-corrected chi connectivity index (χ1v) is 13.1. The van der Waals surface area contributed by atoms with Crippen LogP contribution in [0.3, 0.4) is 0 Å². The summed E-state index contributed by atoms with van der Waals surface area (Å²) in [5.74, 6) is 1.15. The second kappa shape index (κ2) is 12.4. The van der Waals surface area contributed by atoms with Crippen molar-refractivity contribution in [2.45, 2.75) is 64.5 Å². The monoisotopic (exact) mass is 544 g/mol. The summed E-state index contributed by atoms with van der Waals surface area (Å²) in [6, 6.07) is 15.8. The highest BCUT2D eigenvalue weighted by Crippen LogP contribution is 2.33. The van der Waals surface area contributed by atoms with Crippen molar-refractivity contribution in [2.24, 2.45) is 11.8 Å². The fraction of sp³-hybridized carbons (Fsp3) is 0.500. The molecule has 2 aromatic carbocycles. The van der Waals surface area contributed by atoms with Crippen molar-refractivity contribution in [3.63, 3.8) is 0 Å². The van der Waals surface area contributed by atoms with Crippen molar-refractivity contribution in [3.05, 3.63) is 64.1 Å². The summed E-state index contributed by atoms with van der Waals surface area (Å²) in [5.41, 5.74) is 1.60. The van der Waals surface area contributed by atoms with Gasteiger partial charge < -0.3 is 20.1 Å². The van der Waals surface area contributed by atoms with Gasteiger partial charge in [-0.3, -0.25) is 4.79 Å². The second-order valence-electron chi connectivity index (χ2n) is 10.2. The number of hydrogen-bond donors (Lipinski definition) is 2. The Hall–Kier alpha value is -2.54. The first-order chi connectivity index (χ1) is 16.6. The summed E-state index contributed by atoms with van der Waals surface area (Å²) in [4.78, 5) is 25.3. The Morgan fingerprint density at radius 2 is 1.74 bits per heavy atom. The van der Waals surface area contributed by atoms with E-state index in [1.54, 1.807) is 7.11 Å². The van der Waals surface area contributed by atoms with Gasteiger partial charge in [0.1, 0.15) is 11.4 Å². The summed E-state index contributed by atoms with van der Waals surface area (Å²) >= 11 is 3.56. The maximum Gasteiger partial charge on any atom is 0.407 e. The largest absolute Gasteiger partial charge is 0.496 e. The predicted molar refractivity (Wildman–Crippen MR) is 141 cm³/mol. The van der Waals surface area contributed by atoms with E-state index in [1.165, 1.54) is 0 Å². The first-order valence-electron chi connectivity index (χ1n) is 12.3. The molecule has 1 saturated carbocycles. The van der Waals surface area contributed by atoms with E-state index in [2.05, 4.69) is 38.7 Å². The molecule has 0 spiro atoms. The number of alkyl carbamates (subject to hydrolysis) is 1. The molecule has 190 valence electrons. The number of benzene rings is 2. The SMILES string of the molecule is COc1ccc(Br)cc1C(Cc1ccccc1)NC(=O)C1CCC(CNC(=O)OC(C)(C)C)CC1. The van der Waals surface area contributed by atoms with Crippen LogP contribution in [-0.4, -0.2) is 31.3 Å². The third-order valence-electron chi connectivity index (χ3n) is 6.32. The van der Waals surface area contributed by atoms with Gasteiger partial charge in [0.2, 0.25) is 5.91 Å². The lowest BCUT2D eigenvalue weighted by Crippen LogP contribution is -2.39. The molecule has 1 atom stereocenters. The van der Waals surface area contributed by atoms with Crippen LogP contribution in [0, 0.1) is 11.8 Å².